The fourth-order valence-corrected chi connectivity index (χ4v) is 7.97. The lowest BCUT2D eigenvalue weighted by Gasteiger charge is -2.38. The van der Waals surface area contributed by atoms with Crippen LogP contribution in [0.2, 0.25) is 0 Å². The Hall–Kier alpha value is -3.45. The molecule has 3 aliphatic heterocycles. The Balaban J connectivity index is 1.20. The Labute approximate surface area is 254 Å². The predicted octanol–water partition coefficient (Wildman–Crippen LogP) is 3.43. The molecule has 0 saturated carbocycles. The zero-order chi connectivity index (χ0) is 31.4. The molecule has 234 valence electrons. The molecule has 2 fully saturated rings. The van der Waals surface area contributed by atoms with Crippen LogP contribution in [0.5, 0.6) is 0 Å². The van der Waals surface area contributed by atoms with Gasteiger partial charge in [-0.1, -0.05) is 18.9 Å². The van der Waals surface area contributed by atoms with Gasteiger partial charge < -0.3 is 29.9 Å². The molecule has 1 aromatic carbocycles. The second-order valence-corrected chi connectivity index (χ2v) is 14.3. The Morgan fingerprint density at radius 2 is 1.84 bits per heavy atom. The molecule has 15 heteroatoms. The summed E-state index contributed by atoms with van der Waals surface area (Å²) in [7, 11) is -5.76. The first-order valence-electron chi connectivity index (χ1n) is 14.4. The predicted molar refractivity (Wildman–Crippen MR) is 157 cm³/mol. The van der Waals surface area contributed by atoms with E-state index < -0.39 is 36.8 Å². The van der Waals surface area contributed by atoms with Crippen molar-refractivity contribution >= 4 is 46.7 Å². The lowest BCUT2D eigenvalue weighted by atomic mass is 9.98. The van der Waals surface area contributed by atoms with Gasteiger partial charge in [0.1, 0.15) is 12.1 Å². The quantitative estimate of drug-likeness (QED) is 0.309. The first-order valence-corrected chi connectivity index (χ1v) is 16.9. The van der Waals surface area contributed by atoms with Crippen molar-refractivity contribution in [3.8, 4) is 0 Å². The molecular weight excluding hydrogens is 617 g/mol. The van der Waals surface area contributed by atoms with Gasteiger partial charge in [-0.15, -0.1) is 11.3 Å². The van der Waals surface area contributed by atoms with Crippen molar-refractivity contribution in [2.75, 3.05) is 6.54 Å². The van der Waals surface area contributed by atoms with E-state index >= 15 is 0 Å². The van der Waals surface area contributed by atoms with Crippen LogP contribution in [-0.2, 0) is 32.8 Å². The number of aromatic nitrogens is 1. The van der Waals surface area contributed by atoms with E-state index in [1.54, 1.807) is 22.1 Å². The number of carbonyl (C=O) groups is 3. The van der Waals surface area contributed by atoms with E-state index in [1.807, 2.05) is 0 Å². The molecule has 0 aliphatic carbocycles. The monoisotopic (exact) mass is 648 g/mol. The fourth-order valence-electron chi connectivity index (χ4n) is 6.55. The van der Waals surface area contributed by atoms with Crippen molar-refractivity contribution in [2.24, 2.45) is 0 Å². The molecule has 6 rings (SSSR count). The van der Waals surface area contributed by atoms with Gasteiger partial charge in [0.25, 0.3) is 11.5 Å². The van der Waals surface area contributed by atoms with Crippen LogP contribution in [0.1, 0.15) is 64.9 Å². The fraction of sp³-hybridized carbons (Fsp3) is 0.448. The molecule has 3 atom stereocenters. The summed E-state index contributed by atoms with van der Waals surface area (Å²) in [5.74, 6) is -1.09. The largest absolute Gasteiger partial charge is 0.399 e. The minimum atomic E-state index is -5.76. The van der Waals surface area contributed by atoms with Gasteiger partial charge in [0, 0.05) is 41.2 Å². The highest BCUT2D eigenvalue weighted by Gasteiger charge is 2.50. The molecule has 1 unspecified atom stereocenters. The topological polar surface area (TPSA) is 160 Å². The van der Waals surface area contributed by atoms with Gasteiger partial charge >= 0.3 is 13.3 Å². The molecule has 0 bridgehead atoms. The third-order valence-electron chi connectivity index (χ3n) is 8.84. The summed E-state index contributed by atoms with van der Waals surface area (Å²) in [5, 5.41) is 3.01. The molecule has 11 nitrogen and oxygen atoms in total. The summed E-state index contributed by atoms with van der Waals surface area (Å²) in [5.41, 5.74) is -3.96. The highest BCUT2D eigenvalue weighted by molar-refractivity contribution is 7.52. The van der Waals surface area contributed by atoms with Gasteiger partial charge in [-0.25, -0.2) is 0 Å². The first-order chi connectivity index (χ1) is 20.8. The van der Waals surface area contributed by atoms with Crippen LogP contribution < -0.4 is 10.9 Å². The minimum absolute atomic E-state index is 0.130. The number of halogens is 2. The Kier molecular flexibility index (Phi) is 7.98. The molecule has 3 aromatic rings. The molecule has 2 aromatic heterocycles. The Morgan fingerprint density at radius 3 is 2.61 bits per heavy atom. The zero-order valence-corrected chi connectivity index (χ0v) is 25.2. The number of rotatable bonds is 5. The molecule has 4 N–H and O–H groups in total. The average molecular weight is 649 g/mol. The van der Waals surface area contributed by atoms with Crippen LogP contribution in [-0.4, -0.2) is 67.0 Å². The second kappa shape index (κ2) is 11.5. The molecular formula is C29H31F2N4O7PS. The highest BCUT2D eigenvalue weighted by Crippen LogP contribution is 2.59. The number of aromatic amines is 1. The smallest absolute Gasteiger partial charge is 0.340 e. The summed E-state index contributed by atoms with van der Waals surface area (Å²) < 4.78 is 40.3. The lowest BCUT2D eigenvalue weighted by Crippen LogP contribution is -2.57. The maximum absolute atomic E-state index is 14.3. The number of fused-ring (bicyclic) bond motifs is 3. The van der Waals surface area contributed by atoms with Crippen molar-refractivity contribution in [3.63, 3.8) is 0 Å². The first kappa shape index (κ1) is 30.6. The van der Waals surface area contributed by atoms with Gasteiger partial charge in [0.05, 0.1) is 4.88 Å². The molecule has 3 amide bonds. The van der Waals surface area contributed by atoms with Crippen molar-refractivity contribution < 1.29 is 37.5 Å². The standard InChI is InChI=1S/C29H31F2N4O7PS/c30-29(31,43(40,41)42)18-5-8-23-17(13-18)14-24(44-23)26(37)33-21-4-2-1-3-19-6-7-22(35(19)27(21)38)28(39)34-12-10-20-16(15-34)9-11-32-25(20)36/h5,8-9,11,13-14,19,21-22H,1-4,6-7,10,12,15H2,(H,32,36)(H,33,37)(H2,40,41,42)/t19-,21?,22-/m0/s1. The molecule has 0 spiro atoms. The van der Waals surface area contributed by atoms with Crippen LogP contribution in [0.4, 0.5) is 8.78 Å². The van der Waals surface area contributed by atoms with Crippen LogP contribution in [0, 0.1) is 0 Å². The van der Waals surface area contributed by atoms with Crippen LogP contribution in [0.15, 0.2) is 41.3 Å². The van der Waals surface area contributed by atoms with Crippen molar-refractivity contribution in [2.45, 2.75) is 75.3 Å². The minimum Gasteiger partial charge on any atom is -0.340 e. The second-order valence-electron chi connectivity index (χ2n) is 11.6. The number of benzene rings is 1. The number of pyridine rings is 1. The summed E-state index contributed by atoms with van der Waals surface area (Å²) >= 11 is 1.01. The molecule has 44 heavy (non-hydrogen) atoms. The van der Waals surface area contributed by atoms with Gasteiger partial charge in [-0.05, 0) is 67.3 Å². The van der Waals surface area contributed by atoms with Gasteiger partial charge in [-0.3, -0.25) is 23.7 Å². The van der Waals surface area contributed by atoms with Gasteiger partial charge in [0.15, 0.2) is 0 Å². The summed E-state index contributed by atoms with van der Waals surface area (Å²) in [4.78, 5) is 77.5. The number of amides is 3. The number of thiophene rings is 1. The maximum Gasteiger partial charge on any atom is 0.399 e. The van der Waals surface area contributed by atoms with E-state index in [9.17, 15) is 32.5 Å². The highest BCUT2D eigenvalue weighted by atomic mass is 32.1. The number of hydrogen-bond acceptors (Lipinski definition) is 6. The number of alkyl halides is 2. The molecule has 0 radical (unpaired) electrons. The average Bonchev–Trinajstić information content (AvgIpc) is 3.60. The number of hydrogen-bond donors (Lipinski definition) is 4. The van der Waals surface area contributed by atoms with Crippen LogP contribution in [0.25, 0.3) is 10.1 Å². The van der Waals surface area contributed by atoms with Crippen molar-refractivity contribution in [1.29, 1.82) is 0 Å². The van der Waals surface area contributed by atoms with E-state index in [0.717, 1.165) is 41.9 Å². The van der Waals surface area contributed by atoms with E-state index in [0.29, 0.717) is 48.9 Å². The Bertz CT molecular complexity index is 1750. The normalized spacial score (nSPS) is 22.7. The van der Waals surface area contributed by atoms with E-state index in [4.69, 9.17) is 9.79 Å². The summed E-state index contributed by atoms with van der Waals surface area (Å²) in [6.07, 6.45) is 5.81. The number of nitrogens with one attached hydrogen (secondary N) is 2. The molecule has 3 aliphatic rings. The number of H-pyrrole nitrogens is 1. The number of carbonyl (C=O) groups excluding carboxylic acids is 3. The molecule has 2 saturated heterocycles. The van der Waals surface area contributed by atoms with Crippen LogP contribution >= 0.6 is 18.9 Å². The third-order valence-corrected chi connectivity index (χ3v) is 10.9. The summed E-state index contributed by atoms with van der Waals surface area (Å²) in [6, 6.07) is 4.59. The van der Waals surface area contributed by atoms with Crippen LogP contribution in [0.3, 0.4) is 0 Å². The SMILES string of the molecule is O=C(NC1CCCC[C@H]2CC[C@@H](C(=O)N3CCc4c(cc[nH]c4=O)C3)N2C1=O)c1cc2cc(C(F)(F)P(=O)(O)O)ccc2s1. The van der Waals surface area contributed by atoms with Crippen molar-refractivity contribution in [3.05, 3.63) is 68.4 Å². The van der Waals surface area contributed by atoms with E-state index in [-0.39, 0.29) is 40.2 Å². The Morgan fingerprint density at radius 1 is 1.07 bits per heavy atom. The maximum atomic E-state index is 14.3. The van der Waals surface area contributed by atoms with Crippen molar-refractivity contribution in [1.82, 2.24) is 20.1 Å². The summed E-state index contributed by atoms with van der Waals surface area (Å²) in [6.45, 7) is 0.658. The molecule has 5 heterocycles. The van der Waals surface area contributed by atoms with Gasteiger partial charge in [-0.2, -0.15) is 8.78 Å². The van der Waals surface area contributed by atoms with E-state index in [1.165, 1.54) is 12.1 Å². The lowest BCUT2D eigenvalue weighted by molar-refractivity contribution is -0.147. The zero-order valence-electron chi connectivity index (χ0n) is 23.5. The van der Waals surface area contributed by atoms with E-state index in [2.05, 4.69) is 10.3 Å². The third kappa shape index (κ3) is 5.48. The van der Waals surface area contributed by atoms with Gasteiger partial charge in [0.2, 0.25) is 11.8 Å². The number of nitrogens with zero attached hydrogens (tertiary/aromatic N) is 2.